The fraction of sp³-hybridized carbons (Fsp3) is 0.720. The predicted octanol–water partition coefficient (Wildman–Crippen LogP) is 3.22. The van der Waals surface area contributed by atoms with Crippen LogP contribution in [0.2, 0.25) is 0 Å². The molecule has 0 aromatic carbocycles. The first-order chi connectivity index (χ1) is 15.7. The van der Waals surface area contributed by atoms with Crippen LogP contribution in [0.3, 0.4) is 0 Å². The minimum atomic E-state index is -0.765. The van der Waals surface area contributed by atoms with E-state index in [0.717, 1.165) is 11.8 Å². The Labute approximate surface area is 208 Å². The quantitative estimate of drug-likeness (QED) is 0.489. The van der Waals surface area contributed by atoms with E-state index in [1.165, 1.54) is 32.1 Å². The number of nitrogens with one attached hydrogen (secondary N) is 2. The molecule has 190 valence electrons. The van der Waals surface area contributed by atoms with E-state index in [1.54, 1.807) is 23.2 Å². The molecule has 0 aliphatic heterocycles. The van der Waals surface area contributed by atoms with Crippen molar-refractivity contribution in [2.45, 2.75) is 71.9 Å². The molecule has 1 aromatic rings. The van der Waals surface area contributed by atoms with Crippen LogP contribution < -0.4 is 21.1 Å². The van der Waals surface area contributed by atoms with Crippen molar-refractivity contribution in [1.29, 1.82) is 0 Å². The van der Waals surface area contributed by atoms with Gasteiger partial charge < -0.3 is 21.1 Å². The molecule has 8 nitrogen and oxygen atoms in total. The van der Waals surface area contributed by atoms with Gasteiger partial charge in [0, 0.05) is 25.3 Å². The third kappa shape index (κ3) is 5.60. The molecule has 0 spiro atoms. The number of hydrogen-bond acceptors (Lipinski definition) is 5. The van der Waals surface area contributed by atoms with E-state index in [9.17, 15) is 9.59 Å². The zero-order chi connectivity index (χ0) is 23.8. The Bertz CT molecular complexity index is 882. The standard InChI is InChI=1S/C25H39N5O3.ClH/c1-15(2)33-23-20(14-28-30(23)8-5-25(3,4)24(32)27-7-6-26)22(31)29-21-18-10-16-9-17(12-18)13-19(21)11-16;/h5,8,14-19,21H,6-7,9-13,26H2,1-4H3,(H,27,32)(H,29,31);1H/b8-5+;. The molecule has 5 rings (SSSR count). The zero-order valence-corrected chi connectivity index (χ0v) is 21.6. The third-order valence-electron chi connectivity index (χ3n) is 7.51. The van der Waals surface area contributed by atoms with Gasteiger partial charge in [0.1, 0.15) is 5.56 Å². The summed E-state index contributed by atoms with van der Waals surface area (Å²) in [5, 5.41) is 10.5. The van der Waals surface area contributed by atoms with Gasteiger partial charge in [-0.15, -0.1) is 12.4 Å². The normalized spacial score (nSPS) is 27.6. The van der Waals surface area contributed by atoms with Crippen molar-refractivity contribution >= 4 is 30.4 Å². The Balaban J connectivity index is 0.00000324. The number of halogens is 1. The highest BCUT2D eigenvalue weighted by molar-refractivity contribution is 5.96. The first-order valence-corrected chi connectivity index (χ1v) is 12.4. The van der Waals surface area contributed by atoms with Crippen molar-refractivity contribution in [2.75, 3.05) is 13.1 Å². The topological polar surface area (TPSA) is 111 Å². The van der Waals surface area contributed by atoms with Gasteiger partial charge in [0.15, 0.2) is 0 Å². The first kappa shape index (κ1) is 26.5. The lowest BCUT2D eigenvalue weighted by Crippen LogP contribution is -2.55. The van der Waals surface area contributed by atoms with Crippen molar-refractivity contribution in [2.24, 2.45) is 34.8 Å². The molecule has 34 heavy (non-hydrogen) atoms. The number of hydrogen-bond donors (Lipinski definition) is 3. The molecule has 0 unspecified atom stereocenters. The third-order valence-corrected chi connectivity index (χ3v) is 7.51. The zero-order valence-electron chi connectivity index (χ0n) is 20.8. The van der Waals surface area contributed by atoms with Crippen LogP contribution in [0, 0.1) is 29.1 Å². The summed E-state index contributed by atoms with van der Waals surface area (Å²) in [6, 6.07) is 0.251. The minimum Gasteiger partial charge on any atom is -0.474 e. The summed E-state index contributed by atoms with van der Waals surface area (Å²) in [6.07, 6.45) is 11.3. The number of rotatable bonds is 9. The predicted molar refractivity (Wildman–Crippen MR) is 135 cm³/mol. The van der Waals surface area contributed by atoms with E-state index < -0.39 is 5.41 Å². The average molecular weight is 494 g/mol. The van der Waals surface area contributed by atoms with Crippen LogP contribution >= 0.6 is 12.4 Å². The van der Waals surface area contributed by atoms with Crippen LogP contribution in [0.5, 0.6) is 5.88 Å². The van der Waals surface area contributed by atoms with E-state index in [0.29, 0.717) is 36.4 Å². The lowest BCUT2D eigenvalue weighted by atomic mass is 9.54. The van der Waals surface area contributed by atoms with Gasteiger partial charge in [-0.1, -0.05) is 6.08 Å². The van der Waals surface area contributed by atoms with E-state index >= 15 is 0 Å². The Kier molecular flexibility index (Phi) is 8.34. The fourth-order valence-corrected chi connectivity index (χ4v) is 6.09. The first-order valence-electron chi connectivity index (χ1n) is 12.4. The van der Waals surface area contributed by atoms with Crippen molar-refractivity contribution in [3.8, 4) is 5.88 Å². The van der Waals surface area contributed by atoms with Gasteiger partial charge in [0.25, 0.3) is 5.91 Å². The second-order valence-electron chi connectivity index (χ2n) is 11.0. The average Bonchev–Trinajstić information content (AvgIpc) is 3.14. The number of carbonyl (C=O) groups excluding carboxylic acids is 2. The molecule has 4 bridgehead atoms. The van der Waals surface area contributed by atoms with Crippen molar-refractivity contribution in [3.05, 3.63) is 17.8 Å². The smallest absolute Gasteiger partial charge is 0.258 e. The molecular formula is C25H40ClN5O3. The summed E-state index contributed by atoms with van der Waals surface area (Å²) in [6.45, 7) is 8.30. The molecule has 4 aliphatic carbocycles. The van der Waals surface area contributed by atoms with E-state index in [4.69, 9.17) is 10.5 Å². The highest BCUT2D eigenvalue weighted by Crippen LogP contribution is 2.53. The fourth-order valence-electron chi connectivity index (χ4n) is 6.09. The largest absolute Gasteiger partial charge is 0.474 e. The number of aromatic nitrogens is 2. The van der Waals surface area contributed by atoms with Crippen LogP contribution in [0.15, 0.2) is 12.3 Å². The molecule has 2 amide bonds. The Morgan fingerprint density at radius 3 is 2.38 bits per heavy atom. The van der Waals surface area contributed by atoms with E-state index in [2.05, 4.69) is 15.7 Å². The minimum absolute atomic E-state index is 0. The second kappa shape index (κ2) is 10.7. The summed E-state index contributed by atoms with van der Waals surface area (Å²) >= 11 is 0. The molecule has 9 heteroatoms. The summed E-state index contributed by atoms with van der Waals surface area (Å²) in [7, 11) is 0. The van der Waals surface area contributed by atoms with Crippen LogP contribution in [0.1, 0.15) is 70.2 Å². The maximum atomic E-state index is 13.3. The number of ether oxygens (including phenoxy) is 1. The van der Waals surface area contributed by atoms with Crippen LogP contribution in [0.25, 0.3) is 6.20 Å². The molecule has 1 heterocycles. The number of carbonyl (C=O) groups is 2. The maximum absolute atomic E-state index is 13.3. The van der Waals surface area contributed by atoms with Crippen molar-refractivity contribution in [1.82, 2.24) is 20.4 Å². The van der Waals surface area contributed by atoms with Gasteiger partial charge in [-0.05, 0) is 83.5 Å². The van der Waals surface area contributed by atoms with Crippen LogP contribution in [-0.4, -0.2) is 46.8 Å². The van der Waals surface area contributed by atoms with Crippen LogP contribution in [-0.2, 0) is 4.79 Å². The molecule has 0 radical (unpaired) electrons. The second-order valence-corrected chi connectivity index (χ2v) is 11.0. The lowest BCUT2D eigenvalue weighted by molar-refractivity contribution is -0.127. The SMILES string of the molecule is CC(C)Oc1c(C(=O)NC2C3CC4CC(C3)CC2C4)cnn1/C=C/C(C)(C)C(=O)NCCN.Cl. The number of nitrogens with two attached hydrogens (primary N) is 1. The van der Waals surface area contributed by atoms with E-state index in [1.807, 2.05) is 27.7 Å². The van der Waals surface area contributed by atoms with Gasteiger partial charge >= 0.3 is 0 Å². The number of nitrogens with zero attached hydrogens (tertiary/aromatic N) is 2. The van der Waals surface area contributed by atoms with Gasteiger partial charge in [-0.2, -0.15) is 5.10 Å². The van der Waals surface area contributed by atoms with Gasteiger partial charge in [0.05, 0.1) is 17.7 Å². The monoisotopic (exact) mass is 493 g/mol. The highest BCUT2D eigenvalue weighted by atomic mass is 35.5. The van der Waals surface area contributed by atoms with Crippen LogP contribution in [0.4, 0.5) is 0 Å². The Hall–Kier alpha value is -2.06. The molecular weight excluding hydrogens is 454 g/mol. The molecule has 0 atom stereocenters. The van der Waals surface area contributed by atoms with Crippen molar-refractivity contribution in [3.63, 3.8) is 0 Å². The summed E-state index contributed by atoms with van der Waals surface area (Å²) < 4.78 is 7.55. The molecule has 4 saturated carbocycles. The number of amides is 2. The Morgan fingerprint density at radius 2 is 1.82 bits per heavy atom. The molecule has 4 aliphatic rings. The van der Waals surface area contributed by atoms with Crippen molar-refractivity contribution < 1.29 is 14.3 Å². The van der Waals surface area contributed by atoms with Gasteiger partial charge in [-0.25, -0.2) is 4.68 Å². The lowest BCUT2D eigenvalue weighted by Gasteiger charge is -2.54. The van der Waals surface area contributed by atoms with Gasteiger partial charge in [0.2, 0.25) is 11.8 Å². The molecule has 4 fully saturated rings. The van der Waals surface area contributed by atoms with Gasteiger partial charge in [-0.3, -0.25) is 9.59 Å². The highest BCUT2D eigenvalue weighted by Gasteiger charge is 2.48. The summed E-state index contributed by atoms with van der Waals surface area (Å²) in [5.41, 5.74) is 5.16. The summed E-state index contributed by atoms with van der Waals surface area (Å²) in [4.78, 5) is 25.8. The maximum Gasteiger partial charge on any atom is 0.258 e. The summed E-state index contributed by atoms with van der Waals surface area (Å²) in [5.74, 6) is 3.08. The molecule has 1 aromatic heterocycles. The molecule has 4 N–H and O–H groups in total. The Morgan fingerprint density at radius 1 is 1.21 bits per heavy atom. The van der Waals surface area contributed by atoms with E-state index in [-0.39, 0.29) is 36.4 Å². The molecule has 0 saturated heterocycles.